The van der Waals surface area contributed by atoms with Crippen LogP contribution in [0.1, 0.15) is 20.8 Å². The summed E-state index contributed by atoms with van der Waals surface area (Å²) in [6.07, 6.45) is 0. The molecule has 1 rings (SSSR count). The van der Waals surface area contributed by atoms with E-state index in [1.54, 1.807) is 25.3 Å². The van der Waals surface area contributed by atoms with Crippen molar-refractivity contribution in [2.45, 2.75) is 20.8 Å². The standard InChI is InChI=1S/C13H20N2O2.ClH/c1-8(2)9(3)13(16)15-12-7-10(17-4)5-6-11(12)14;/h5-9H,14H2,1-4H3,(H,15,16);1H. The number of carbonyl (C=O) groups excluding carboxylic acids is 1. The Balaban J connectivity index is 0.00000289. The van der Waals surface area contributed by atoms with E-state index in [1.165, 1.54) is 0 Å². The summed E-state index contributed by atoms with van der Waals surface area (Å²) in [5.74, 6) is 0.883. The maximum absolute atomic E-state index is 11.9. The highest BCUT2D eigenvalue weighted by Crippen LogP contribution is 2.25. The fraction of sp³-hybridized carbons (Fsp3) is 0.462. The maximum atomic E-state index is 11.9. The van der Waals surface area contributed by atoms with Crippen LogP contribution in [0.15, 0.2) is 18.2 Å². The minimum atomic E-state index is -0.0550. The number of nitrogen functional groups attached to an aromatic ring is 1. The molecule has 1 atom stereocenters. The van der Waals surface area contributed by atoms with Crippen molar-refractivity contribution in [3.05, 3.63) is 18.2 Å². The second-order valence-electron chi connectivity index (χ2n) is 4.48. The molecule has 0 fully saturated rings. The van der Waals surface area contributed by atoms with Gasteiger partial charge in [-0.25, -0.2) is 0 Å². The van der Waals surface area contributed by atoms with E-state index >= 15 is 0 Å². The van der Waals surface area contributed by atoms with E-state index in [-0.39, 0.29) is 24.2 Å². The summed E-state index contributed by atoms with van der Waals surface area (Å²) < 4.78 is 5.09. The quantitative estimate of drug-likeness (QED) is 0.829. The summed E-state index contributed by atoms with van der Waals surface area (Å²) in [5, 5.41) is 2.82. The first-order valence-electron chi connectivity index (χ1n) is 5.70. The lowest BCUT2D eigenvalue weighted by atomic mass is 9.97. The lowest BCUT2D eigenvalue weighted by molar-refractivity contribution is -0.120. The zero-order valence-electron chi connectivity index (χ0n) is 11.2. The molecule has 1 aromatic carbocycles. The first-order chi connectivity index (χ1) is 7.95. The predicted molar refractivity (Wildman–Crippen MR) is 77.3 cm³/mol. The minimum absolute atomic E-state index is 0. The van der Waals surface area contributed by atoms with Crippen molar-refractivity contribution in [2.75, 3.05) is 18.2 Å². The van der Waals surface area contributed by atoms with Gasteiger partial charge in [0.25, 0.3) is 0 Å². The van der Waals surface area contributed by atoms with Crippen LogP contribution in [0.2, 0.25) is 0 Å². The fourth-order valence-corrected chi connectivity index (χ4v) is 1.32. The molecule has 18 heavy (non-hydrogen) atoms. The highest BCUT2D eigenvalue weighted by molar-refractivity contribution is 5.95. The maximum Gasteiger partial charge on any atom is 0.227 e. The number of anilines is 2. The average Bonchev–Trinajstić information content (AvgIpc) is 2.30. The molecular formula is C13H21ClN2O2. The SMILES string of the molecule is COc1ccc(N)c(NC(=O)C(C)C(C)C)c1.Cl. The number of ether oxygens (including phenoxy) is 1. The van der Waals surface area contributed by atoms with Gasteiger partial charge < -0.3 is 15.8 Å². The van der Waals surface area contributed by atoms with E-state index in [0.717, 1.165) is 0 Å². The van der Waals surface area contributed by atoms with Gasteiger partial charge >= 0.3 is 0 Å². The first-order valence-corrected chi connectivity index (χ1v) is 5.70. The third-order valence-electron chi connectivity index (χ3n) is 2.93. The van der Waals surface area contributed by atoms with E-state index < -0.39 is 0 Å². The van der Waals surface area contributed by atoms with E-state index in [9.17, 15) is 4.79 Å². The highest BCUT2D eigenvalue weighted by Gasteiger charge is 2.17. The third kappa shape index (κ3) is 4.11. The Bertz CT molecular complexity index is 408. The van der Waals surface area contributed by atoms with Crippen LogP contribution < -0.4 is 15.8 Å². The summed E-state index contributed by atoms with van der Waals surface area (Å²) in [6.45, 7) is 5.93. The summed E-state index contributed by atoms with van der Waals surface area (Å²) in [5.41, 5.74) is 6.93. The molecule has 1 unspecified atom stereocenters. The van der Waals surface area contributed by atoms with Gasteiger partial charge in [-0.1, -0.05) is 20.8 Å². The zero-order chi connectivity index (χ0) is 13.0. The van der Waals surface area contributed by atoms with Gasteiger partial charge in [-0.05, 0) is 18.1 Å². The molecule has 0 heterocycles. The van der Waals surface area contributed by atoms with Crippen molar-refractivity contribution in [1.82, 2.24) is 0 Å². The second kappa shape index (κ2) is 7.11. The molecular weight excluding hydrogens is 252 g/mol. The normalized spacial score (nSPS) is 11.6. The number of benzene rings is 1. The van der Waals surface area contributed by atoms with Gasteiger partial charge in [0.1, 0.15) is 5.75 Å². The summed E-state index contributed by atoms with van der Waals surface area (Å²) >= 11 is 0. The van der Waals surface area contributed by atoms with Crippen LogP contribution >= 0.6 is 12.4 Å². The Morgan fingerprint density at radius 2 is 1.94 bits per heavy atom. The van der Waals surface area contributed by atoms with E-state index in [4.69, 9.17) is 10.5 Å². The van der Waals surface area contributed by atoms with Gasteiger partial charge in [0.2, 0.25) is 5.91 Å². The Morgan fingerprint density at radius 3 is 2.44 bits per heavy atom. The summed E-state index contributed by atoms with van der Waals surface area (Å²) in [7, 11) is 1.58. The van der Waals surface area contributed by atoms with Gasteiger partial charge in [-0.3, -0.25) is 4.79 Å². The molecule has 0 saturated carbocycles. The van der Waals surface area contributed by atoms with E-state index in [2.05, 4.69) is 5.32 Å². The number of amides is 1. The van der Waals surface area contributed by atoms with Crippen LogP contribution in [0, 0.1) is 11.8 Å². The monoisotopic (exact) mass is 272 g/mol. The molecule has 1 aromatic rings. The Kier molecular flexibility index (Phi) is 6.55. The van der Waals surface area contributed by atoms with Crippen LogP contribution in [0.3, 0.4) is 0 Å². The number of nitrogens with two attached hydrogens (primary N) is 1. The summed E-state index contributed by atoms with van der Waals surface area (Å²) in [6, 6.07) is 5.20. The van der Waals surface area contributed by atoms with Gasteiger partial charge in [-0.15, -0.1) is 12.4 Å². The van der Waals surface area contributed by atoms with Crippen molar-refractivity contribution in [3.8, 4) is 5.75 Å². The lowest BCUT2D eigenvalue weighted by Crippen LogP contribution is -2.24. The molecule has 0 aliphatic rings. The smallest absolute Gasteiger partial charge is 0.227 e. The number of hydrogen-bond donors (Lipinski definition) is 2. The van der Waals surface area contributed by atoms with Crippen molar-refractivity contribution in [2.24, 2.45) is 11.8 Å². The van der Waals surface area contributed by atoms with Gasteiger partial charge in [0, 0.05) is 12.0 Å². The molecule has 3 N–H and O–H groups in total. The molecule has 0 aliphatic carbocycles. The minimum Gasteiger partial charge on any atom is -0.497 e. The number of nitrogens with one attached hydrogen (secondary N) is 1. The Morgan fingerprint density at radius 1 is 1.33 bits per heavy atom. The van der Waals surface area contributed by atoms with Crippen LogP contribution in [0.25, 0.3) is 0 Å². The molecule has 0 spiro atoms. The topological polar surface area (TPSA) is 64.3 Å². The average molecular weight is 273 g/mol. The summed E-state index contributed by atoms with van der Waals surface area (Å²) in [4.78, 5) is 11.9. The van der Waals surface area contributed by atoms with Crippen molar-refractivity contribution < 1.29 is 9.53 Å². The third-order valence-corrected chi connectivity index (χ3v) is 2.93. The van der Waals surface area contributed by atoms with Crippen LogP contribution in [-0.2, 0) is 4.79 Å². The predicted octanol–water partition coefficient (Wildman–Crippen LogP) is 2.93. The van der Waals surface area contributed by atoms with Crippen LogP contribution in [-0.4, -0.2) is 13.0 Å². The molecule has 1 amide bonds. The molecule has 0 aromatic heterocycles. The molecule has 0 saturated heterocycles. The van der Waals surface area contributed by atoms with Crippen molar-refractivity contribution >= 4 is 29.7 Å². The zero-order valence-corrected chi connectivity index (χ0v) is 12.0. The van der Waals surface area contributed by atoms with Gasteiger partial charge in [0.05, 0.1) is 18.5 Å². The lowest BCUT2D eigenvalue weighted by Gasteiger charge is -2.16. The second-order valence-corrected chi connectivity index (χ2v) is 4.48. The number of carbonyl (C=O) groups is 1. The number of rotatable bonds is 4. The fourth-order valence-electron chi connectivity index (χ4n) is 1.32. The molecule has 0 bridgehead atoms. The number of methoxy groups -OCH3 is 1. The van der Waals surface area contributed by atoms with Crippen molar-refractivity contribution in [3.63, 3.8) is 0 Å². The Labute approximate surface area is 114 Å². The molecule has 102 valence electrons. The van der Waals surface area contributed by atoms with E-state index in [1.807, 2.05) is 20.8 Å². The van der Waals surface area contributed by atoms with Crippen LogP contribution in [0.5, 0.6) is 5.75 Å². The van der Waals surface area contributed by atoms with Crippen LogP contribution in [0.4, 0.5) is 11.4 Å². The molecule has 0 radical (unpaired) electrons. The highest BCUT2D eigenvalue weighted by atomic mass is 35.5. The largest absolute Gasteiger partial charge is 0.497 e. The molecule has 0 aliphatic heterocycles. The number of halogens is 1. The Hall–Kier alpha value is -1.42. The number of hydrogen-bond acceptors (Lipinski definition) is 3. The molecule has 4 nitrogen and oxygen atoms in total. The first kappa shape index (κ1) is 16.6. The van der Waals surface area contributed by atoms with Crippen molar-refractivity contribution in [1.29, 1.82) is 0 Å². The molecule has 5 heteroatoms. The van der Waals surface area contributed by atoms with Gasteiger partial charge in [-0.2, -0.15) is 0 Å². The van der Waals surface area contributed by atoms with Gasteiger partial charge in [0.15, 0.2) is 0 Å². The van der Waals surface area contributed by atoms with E-state index in [0.29, 0.717) is 23.0 Å².